The van der Waals surface area contributed by atoms with E-state index in [2.05, 4.69) is 0 Å². The highest BCUT2D eigenvalue weighted by Crippen LogP contribution is 2.56. The van der Waals surface area contributed by atoms with Crippen molar-refractivity contribution in [2.45, 2.75) is 35.4 Å². The molecule has 1 aliphatic rings. The molecule has 0 spiro atoms. The lowest BCUT2D eigenvalue weighted by Crippen LogP contribution is -2.41. The van der Waals surface area contributed by atoms with Crippen molar-refractivity contribution in [2.75, 3.05) is 6.61 Å². The third kappa shape index (κ3) is 2.91. The minimum absolute atomic E-state index is 0.0744. The Balaban J connectivity index is 2.07. The maximum Gasteiger partial charge on any atom is 0.328 e. The second-order valence-corrected chi connectivity index (χ2v) is 8.53. The van der Waals surface area contributed by atoms with Crippen LogP contribution in [0.15, 0.2) is 53.4 Å². The molecule has 138 valence electrons. The van der Waals surface area contributed by atoms with E-state index in [1.54, 1.807) is 25.1 Å². The molecule has 26 heavy (non-hydrogen) atoms. The molecule has 0 radical (unpaired) electrons. The van der Waals surface area contributed by atoms with Gasteiger partial charge >= 0.3 is 5.97 Å². The first kappa shape index (κ1) is 18.5. The molecule has 1 saturated carbocycles. The van der Waals surface area contributed by atoms with Crippen molar-refractivity contribution in [1.29, 1.82) is 0 Å². The van der Waals surface area contributed by atoms with Gasteiger partial charge < -0.3 is 10.5 Å². The topological polar surface area (TPSA) is 86.5 Å². The molecule has 0 aliphatic heterocycles. The van der Waals surface area contributed by atoms with Crippen molar-refractivity contribution >= 4 is 15.8 Å². The van der Waals surface area contributed by atoms with E-state index in [0.29, 0.717) is 5.56 Å². The van der Waals surface area contributed by atoms with E-state index < -0.39 is 38.3 Å². The first-order chi connectivity index (χ1) is 12.2. The number of esters is 1. The number of hydrogen-bond acceptors (Lipinski definition) is 5. The Morgan fingerprint density at radius 1 is 1.23 bits per heavy atom. The van der Waals surface area contributed by atoms with Crippen LogP contribution in [0, 0.1) is 12.7 Å². The SMILES string of the molecule is CCOC(=O)[C@@]1(N)[C@H](c2cccc(F)c2)[C@@H]1S(=O)(=O)c1ccc(C)cc1. The number of rotatable bonds is 5. The lowest BCUT2D eigenvalue weighted by Gasteiger charge is -2.11. The van der Waals surface area contributed by atoms with E-state index in [4.69, 9.17) is 10.5 Å². The van der Waals surface area contributed by atoms with Crippen LogP contribution >= 0.6 is 0 Å². The molecule has 7 heteroatoms. The third-order valence-electron chi connectivity index (χ3n) is 4.70. The van der Waals surface area contributed by atoms with Crippen molar-refractivity contribution in [3.63, 3.8) is 0 Å². The number of nitrogens with two attached hydrogens (primary N) is 1. The number of aryl methyl sites for hydroxylation is 1. The number of halogens is 1. The van der Waals surface area contributed by atoms with E-state index >= 15 is 0 Å². The molecular weight excluding hydrogens is 357 g/mol. The molecule has 2 aromatic rings. The fourth-order valence-electron chi connectivity index (χ4n) is 3.33. The summed E-state index contributed by atoms with van der Waals surface area (Å²) in [5.74, 6) is -2.19. The molecule has 0 aromatic heterocycles. The van der Waals surface area contributed by atoms with Gasteiger partial charge in [-0.25, -0.2) is 17.6 Å². The Labute approximate surface area is 151 Å². The van der Waals surface area contributed by atoms with Gasteiger partial charge in [0, 0.05) is 5.92 Å². The normalized spacial score (nSPS) is 24.9. The lowest BCUT2D eigenvalue weighted by atomic mass is 10.1. The molecule has 0 heterocycles. The summed E-state index contributed by atoms with van der Waals surface area (Å²) >= 11 is 0. The highest BCUT2D eigenvalue weighted by atomic mass is 32.2. The van der Waals surface area contributed by atoms with Gasteiger partial charge in [0.05, 0.1) is 11.5 Å². The molecule has 1 fully saturated rings. The molecule has 3 rings (SSSR count). The molecule has 0 amide bonds. The summed E-state index contributed by atoms with van der Waals surface area (Å²) in [5.41, 5.74) is 5.75. The zero-order valence-corrected chi connectivity index (χ0v) is 15.3. The summed E-state index contributed by atoms with van der Waals surface area (Å²) in [4.78, 5) is 12.5. The van der Waals surface area contributed by atoms with Crippen molar-refractivity contribution in [1.82, 2.24) is 0 Å². The molecular formula is C19H20FNO4S. The number of carbonyl (C=O) groups excluding carboxylic acids is 1. The first-order valence-corrected chi connectivity index (χ1v) is 9.79. The van der Waals surface area contributed by atoms with Crippen LogP contribution in [0.25, 0.3) is 0 Å². The van der Waals surface area contributed by atoms with Gasteiger partial charge in [0.1, 0.15) is 16.6 Å². The summed E-state index contributed by atoms with van der Waals surface area (Å²) in [6, 6.07) is 11.8. The summed E-state index contributed by atoms with van der Waals surface area (Å²) < 4.78 is 44.9. The second-order valence-electron chi connectivity index (χ2n) is 6.46. The van der Waals surface area contributed by atoms with E-state index in [-0.39, 0.29) is 11.5 Å². The fraction of sp³-hybridized carbons (Fsp3) is 0.316. The standard InChI is InChI=1S/C19H20FNO4S/c1-3-25-18(22)19(21)16(13-5-4-6-14(20)11-13)17(19)26(23,24)15-9-7-12(2)8-10-15/h4-11,16-17H,3,21H2,1-2H3/t16-,17+,19-/m1/s1. The van der Waals surface area contributed by atoms with Crippen LogP contribution in [0.4, 0.5) is 4.39 Å². The maximum absolute atomic E-state index is 13.6. The Morgan fingerprint density at radius 2 is 1.88 bits per heavy atom. The molecule has 3 atom stereocenters. The molecule has 5 nitrogen and oxygen atoms in total. The fourth-order valence-corrected chi connectivity index (χ4v) is 5.56. The largest absolute Gasteiger partial charge is 0.465 e. The lowest BCUT2D eigenvalue weighted by molar-refractivity contribution is -0.145. The minimum atomic E-state index is -3.91. The Morgan fingerprint density at radius 3 is 2.46 bits per heavy atom. The highest BCUT2D eigenvalue weighted by molar-refractivity contribution is 7.92. The van der Waals surface area contributed by atoms with Gasteiger partial charge in [-0.3, -0.25) is 0 Å². The predicted octanol–water partition coefficient (Wildman–Crippen LogP) is 2.33. The minimum Gasteiger partial charge on any atom is -0.465 e. The Hall–Kier alpha value is -2.25. The number of carbonyl (C=O) groups is 1. The van der Waals surface area contributed by atoms with Gasteiger partial charge in [-0.15, -0.1) is 0 Å². The van der Waals surface area contributed by atoms with Gasteiger partial charge in [0.2, 0.25) is 0 Å². The Bertz CT molecular complexity index is 942. The van der Waals surface area contributed by atoms with E-state index in [9.17, 15) is 17.6 Å². The van der Waals surface area contributed by atoms with Gasteiger partial charge in [0.25, 0.3) is 0 Å². The van der Waals surface area contributed by atoms with Crippen LogP contribution in [-0.4, -0.2) is 31.8 Å². The van der Waals surface area contributed by atoms with Crippen LogP contribution in [0.1, 0.15) is 24.0 Å². The van der Waals surface area contributed by atoms with Gasteiger partial charge in [-0.05, 0) is 43.7 Å². The monoisotopic (exact) mass is 377 g/mol. The van der Waals surface area contributed by atoms with Crippen molar-refractivity contribution in [2.24, 2.45) is 5.73 Å². The second kappa shape index (κ2) is 6.48. The van der Waals surface area contributed by atoms with Crippen LogP contribution in [0.2, 0.25) is 0 Å². The zero-order valence-electron chi connectivity index (χ0n) is 14.5. The Kier molecular flexibility index (Phi) is 4.62. The molecule has 0 bridgehead atoms. The van der Waals surface area contributed by atoms with Crippen molar-refractivity contribution in [3.8, 4) is 0 Å². The van der Waals surface area contributed by atoms with Crippen LogP contribution in [-0.2, 0) is 19.4 Å². The first-order valence-electron chi connectivity index (χ1n) is 8.25. The van der Waals surface area contributed by atoms with Gasteiger partial charge in [-0.1, -0.05) is 29.8 Å². The predicted molar refractivity (Wildman–Crippen MR) is 94.8 cm³/mol. The smallest absolute Gasteiger partial charge is 0.328 e. The van der Waals surface area contributed by atoms with Crippen LogP contribution in [0.5, 0.6) is 0 Å². The summed E-state index contributed by atoms with van der Waals surface area (Å²) in [5, 5.41) is -1.21. The van der Waals surface area contributed by atoms with Crippen molar-refractivity contribution in [3.05, 3.63) is 65.5 Å². The van der Waals surface area contributed by atoms with Gasteiger partial charge in [-0.2, -0.15) is 0 Å². The van der Waals surface area contributed by atoms with Crippen LogP contribution < -0.4 is 5.73 Å². The number of sulfone groups is 1. The summed E-state index contributed by atoms with van der Waals surface area (Å²) in [7, 11) is -3.91. The molecule has 2 N–H and O–H groups in total. The van der Waals surface area contributed by atoms with E-state index in [1.165, 1.54) is 30.3 Å². The van der Waals surface area contributed by atoms with Crippen molar-refractivity contribution < 1.29 is 22.3 Å². The van der Waals surface area contributed by atoms with E-state index in [0.717, 1.165) is 5.56 Å². The third-order valence-corrected chi connectivity index (χ3v) is 6.96. The molecule has 0 unspecified atom stereocenters. The quantitative estimate of drug-likeness (QED) is 0.808. The van der Waals surface area contributed by atoms with Crippen LogP contribution in [0.3, 0.4) is 0 Å². The zero-order chi connectivity index (χ0) is 19.1. The average molecular weight is 377 g/mol. The molecule has 2 aromatic carbocycles. The number of hydrogen-bond donors (Lipinski definition) is 1. The molecule has 0 saturated heterocycles. The highest BCUT2D eigenvalue weighted by Gasteiger charge is 2.74. The summed E-state index contributed by atoms with van der Waals surface area (Å²) in [6.45, 7) is 3.53. The maximum atomic E-state index is 13.6. The number of ether oxygens (including phenoxy) is 1. The molecule has 1 aliphatic carbocycles. The average Bonchev–Trinajstić information content (AvgIpc) is 3.24. The number of benzene rings is 2. The summed E-state index contributed by atoms with van der Waals surface area (Å²) in [6.07, 6.45) is 0. The van der Waals surface area contributed by atoms with Gasteiger partial charge in [0.15, 0.2) is 9.84 Å². The van der Waals surface area contributed by atoms with E-state index in [1.807, 2.05) is 6.92 Å².